The number of benzene rings is 2. The Labute approximate surface area is 171 Å². The van der Waals surface area contributed by atoms with Gasteiger partial charge < -0.3 is 10.6 Å². The molecule has 152 valence electrons. The summed E-state index contributed by atoms with van der Waals surface area (Å²) >= 11 is 0. The Morgan fingerprint density at radius 3 is 2.31 bits per heavy atom. The highest BCUT2D eigenvalue weighted by Crippen LogP contribution is 2.29. The van der Waals surface area contributed by atoms with Gasteiger partial charge in [0.15, 0.2) is 0 Å². The largest absolute Gasteiger partial charge is 0.354 e. The third-order valence-electron chi connectivity index (χ3n) is 5.49. The van der Waals surface area contributed by atoms with E-state index in [9.17, 15) is 14.4 Å². The van der Waals surface area contributed by atoms with Crippen molar-refractivity contribution in [1.29, 1.82) is 0 Å². The zero-order chi connectivity index (χ0) is 21.2. The minimum atomic E-state index is -1.17. The van der Waals surface area contributed by atoms with Crippen molar-refractivity contribution in [3.05, 3.63) is 71.3 Å². The summed E-state index contributed by atoms with van der Waals surface area (Å²) in [4.78, 5) is 38.8. The van der Waals surface area contributed by atoms with Crippen molar-refractivity contribution < 1.29 is 14.4 Å². The van der Waals surface area contributed by atoms with E-state index in [1.54, 1.807) is 6.92 Å². The number of carbonyl (C=O) groups is 3. The van der Waals surface area contributed by atoms with Gasteiger partial charge in [-0.05, 0) is 25.0 Å². The van der Waals surface area contributed by atoms with Gasteiger partial charge in [0.05, 0.1) is 0 Å². The van der Waals surface area contributed by atoms with Crippen LogP contribution in [0, 0.1) is 6.92 Å². The fourth-order valence-electron chi connectivity index (χ4n) is 3.43. The molecule has 2 aromatic rings. The van der Waals surface area contributed by atoms with Gasteiger partial charge >= 0.3 is 6.03 Å². The third-order valence-corrected chi connectivity index (χ3v) is 5.49. The van der Waals surface area contributed by atoms with Gasteiger partial charge in [-0.25, -0.2) is 4.79 Å². The molecule has 2 N–H and O–H groups in total. The average molecular weight is 393 g/mol. The molecule has 0 bridgehead atoms. The molecule has 1 heterocycles. The molecule has 1 unspecified atom stereocenters. The maximum absolute atomic E-state index is 12.9. The van der Waals surface area contributed by atoms with Crippen molar-refractivity contribution in [3.63, 3.8) is 0 Å². The minimum Gasteiger partial charge on any atom is -0.354 e. The fourth-order valence-corrected chi connectivity index (χ4v) is 3.43. The van der Waals surface area contributed by atoms with E-state index in [1.165, 1.54) is 0 Å². The van der Waals surface area contributed by atoms with Crippen LogP contribution in [-0.4, -0.2) is 35.8 Å². The number of amides is 4. The molecule has 2 aromatic carbocycles. The summed E-state index contributed by atoms with van der Waals surface area (Å²) in [6.07, 6.45) is 0. The van der Waals surface area contributed by atoms with Crippen LogP contribution in [0.5, 0.6) is 0 Å². The van der Waals surface area contributed by atoms with Crippen LogP contribution in [0.2, 0.25) is 0 Å². The van der Waals surface area contributed by atoms with E-state index < -0.39 is 17.5 Å². The highest BCUT2D eigenvalue weighted by atomic mass is 16.2. The van der Waals surface area contributed by atoms with Crippen molar-refractivity contribution >= 4 is 17.8 Å². The van der Waals surface area contributed by atoms with E-state index in [2.05, 4.69) is 10.6 Å². The molecule has 1 fully saturated rings. The van der Waals surface area contributed by atoms with E-state index in [-0.39, 0.29) is 17.9 Å². The Bertz CT molecular complexity index is 922. The van der Waals surface area contributed by atoms with Gasteiger partial charge in [0.2, 0.25) is 5.91 Å². The summed E-state index contributed by atoms with van der Waals surface area (Å²) in [5, 5.41) is 5.58. The molecular formula is C23H27N3O3. The summed E-state index contributed by atoms with van der Waals surface area (Å²) < 4.78 is 0. The lowest BCUT2D eigenvalue weighted by molar-refractivity contribution is -0.134. The summed E-state index contributed by atoms with van der Waals surface area (Å²) in [6.45, 7) is 7.77. The Kier molecular flexibility index (Phi) is 5.46. The van der Waals surface area contributed by atoms with E-state index in [4.69, 9.17) is 0 Å². The van der Waals surface area contributed by atoms with Gasteiger partial charge in [-0.3, -0.25) is 14.5 Å². The minimum absolute atomic E-state index is 0.273. The monoisotopic (exact) mass is 393 g/mol. The molecule has 0 spiro atoms. The lowest BCUT2D eigenvalue weighted by Gasteiger charge is -2.26. The maximum Gasteiger partial charge on any atom is 0.325 e. The first-order valence-corrected chi connectivity index (χ1v) is 9.67. The molecule has 1 saturated heterocycles. The smallest absolute Gasteiger partial charge is 0.325 e. The molecule has 0 aliphatic carbocycles. The van der Waals surface area contributed by atoms with Crippen LogP contribution in [0.15, 0.2) is 54.6 Å². The fraction of sp³-hybridized carbons (Fsp3) is 0.348. The Hall–Kier alpha value is -3.15. The number of carbonyl (C=O) groups excluding carboxylic acids is 3. The molecule has 4 amide bonds. The zero-order valence-electron chi connectivity index (χ0n) is 17.3. The quantitative estimate of drug-likeness (QED) is 0.741. The van der Waals surface area contributed by atoms with Gasteiger partial charge in [-0.1, -0.05) is 74.0 Å². The summed E-state index contributed by atoms with van der Waals surface area (Å²) in [5.41, 5.74) is 1.40. The van der Waals surface area contributed by atoms with E-state index >= 15 is 0 Å². The van der Waals surface area contributed by atoms with E-state index in [0.717, 1.165) is 16.0 Å². The van der Waals surface area contributed by atoms with E-state index in [1.807, 2.05) is 75.4 Å². The molecule has 29 heavy (non-hydrogen) atoms. The number of hydrogen-bond donors (Lipinski definition) is 2. The number of nitrogens with zero attached hydrogens (tertiary/aromatic N) is 1. The normalized spacial score (nSPS) is 19.2. The van der Waals surface area contributed by atoms with Gasteiger partial charge in [0.25, 0.3) is 5.91 Å². The maximum atomic E-state index is 12.9. The first-order valence-electron chi connectivity index (χ1n) is 9.67. The van der Waals surface area contributed by atoms with Gasteiger partial charge in [-0.15, -0.1) is 0 Å². The third kappa shape index (κ3) is 4.16. The van der Waals surface area contributed by atoms with Crippen molar-refractivity contribution in [2.75, 3.05) is 13.1 Å². The van der Waals surface area contributed by atoms with Crippen LogP contribution in [0.25, 0.3) is 0 Å². The number of rotatable bonds is 6. The highest BCUT2D eigenvalue weighted by molar-refractivity contribution is 6.09. The van der Waals surface area contributed by atoms with Crippen molar-refractivity contribution in [3.8, 4) is 0 Å². The van der Waals surface area contributed by atoms with Gasteiger partial charge in [0, 0.05) is 12.0 Å². The Morgan fingerprint density at radius 2 is 1.69 bits per heavy atom. The second-order valence-electron chi connectivity index (χ2n) is 8.34. The summed E-state index contributed by atoms with van der Waals surface area (Å²) in [7, 11) is 0. The number of urea groups is 1. The van der Waals surface area contributed by atoms with Crippen LogP contribution in [-0.2, 0) is 20.5 Å². The molecule has 1 atom stereocenters. The highest BCUT2D eigenvalue weighted by Gasteiger charge is 2.49. The molecular weight excluding hydrogens is 366 g/mol. The van der Waals surface area contributed by atoms with Gasteiger partial charge in [0.1, 0.15) is 12.1 Å². The second-order valence-corrected chi connectivity index (χ2v) is 8.34. The topological polar surface area (TPSA) is 78.5 Å². The molecule has 6 heteroatoms. The van der Waals surface area contributed by atoms with Crippen LogP contribution in [0.1, 0.15) is 37.5 Å². The van der Waals surface area contributed by atoms with Crippen molar-refractivity contribution in [1.82, 2.24) is 15.5 Å². The molecule has 3 rings (SSSR count). The van der Waals surface area contributed by atoms with Crippen LogP contribution < -0.4 is 10.6 Å². The first-order chi connectivity index (χ1) is 13.6. The molecule has 0 saturated carbocycles. The average Bonchev–Trinajstić information content (AvgIpc) is 2.91. The van der Waals surface area contributed by atoms with Crippen molar-refractivity contribution in [2.24, 2.45) is 0 Å². The molecule has 0 aromatic heterocycles. The predicted molar refractivity (Wildman–Crippen MR) is 111 cm³/mol. The number of hydrogen-bond acceptors (Lipinski definition) is 3. The number of nitrogens with one attached hydrogen (secondary N) is 2. The summed E-state index contributed by atoms with van der Waals surface area (Å²) in [5.74, 6) is -0.797. The zero-order valence-corrected chi connectivity index (χ0v) is 17.3. The van der Waals surface area contributed by atoms with Crippen LogP contribution in [0.3, 0.4) is 0 Å². The molecule has 6 nitrogen and oxygen atoms in total. The van der Waals surface area contributed by atoms with Crippen LogP contribution >= 0.6 is 0 Å². The van der Waals surface area contributed by atoms with E-state index in [0.29, 0.717) is 12.1 Å². The second kappa shape index (κ2) is 7.70. The molecule has 0 radical (unpaired) electrons. The number of aryl methyl sites for hydroxylation is 1. The lowest BCUT2D eigenvalue weighted by Crippen LogP contribution is -2.45. The van der Waals surface area contributed by atoms with Crippen molar-refractivity contribution in [2.45, 2.75) is 38.6 Å². The number of imide groups is 1. The summed E-state index contributed by atoms with van der Waals surface area (Å²) in [6, 6.07) is 16.7. The Balaban J connectivity index is 1.65. The standard InChI is InChI=1S/C23H27N3O3/c1-16-10-12-18(13-11-16)23(4)20(28)26(21(29)25-23)14-19(27)24-15-22(2,3)17-8-6-5-7-9-17/h5-13H,14-15H2,1-4H3,(H,24,27)(H,25,29). The lowest BCUT2D eigenvalue weighted by atomic mass is 9.84. The van der Waals surface area contributed by atoms with Gasteiger partial charge in [-0.2, -0.15) is 0 Å². The molecule has 1 aliphatic heterocycles. The first kappa shape index (κ1) is 20.6. The predicted octanol–water partition coefficient (Wildman–Crippen LogP) is 2.86. The Morgan fingerprint density at radius 1 is 1.07 bits per heavy atom. The molecule has 1 aliphatic rings. The van der Waals surface area contributed by atoms with Crippen LogP contribution in [0.4, 0.5) is 4.79 Å². The SMILES string of the molecule is Cc1ccc(C2(C)NC(=O)N(CC(=O)NCC(C)(C)c3ccccc3)C2=O)cc1.